The largest absolute Gasteiger partial charge is 0.496 e. The summed E-state index contributed by atoms with van der Waals surface area (Å²) in [5, 5.41) is 0. The molecule has 0 aliphatic carbocycles. The van der Waals surface area contributed by atoms with Crippen molar-refractivity contribution in [3.63, 3.8) is 0 Å². The third kappa shape index (κ3) is 3.92. The molecular weight excluding hydrogens is 333 g/mol. The van der Waals surface area contributed by atoms with Gasteiger partial charge < -0.3 is 9.64 Å². The number of para-hydroxylation sites is 1. The SMILES string of the molecule is COc1ccccc1C(C)N(C)C(=O)c1ccc(C(F)(F)F)nc1C. The molecule has 1 aromatic heterocycles. The second-order valence-electron chi connectivity index (χ2n) is 5.66. The van der Waals surface area contributed by atoms with Crippen molar-refractivity contribution in [1.82, 2.24) is 9.88 Å². The molecule has 0 N–H and O–H groups in total. The van der Waals surface area contributed by atoms with Crippen LogP contribution in [0.5, 0.6) is 5.75 Å². The third-order valence-corrected chi connectivity index (χ3v) is 4.10. The molecule has 0 saturated carbocycles. The molecule has 0 fully saturated rings. The number of aryl methyl sites for hydroxylation is 1. The number of halogens is 3. The van der Waals surface area contributed by atoms with Crippen molar-refractivity contribution >= 4 is 5.91 Å². The maximum Gasteiger partial charge on any atom is 0.433 e. The van der Waals surface area contributed by atoms with Gasteiger partial charge in [0.2, 0.25) is 0 Å². The number of methoxy groups -OCH3 is 1. The van der Waals surface area contributed by atoms with Gasteiger partial charge in [0.1, 0.15) is 11.4 Å². The first-order valence-electron chi connectivity index (χ1n) is 7.61. The molecule has 0 radical (unpaired) electrons. The number of nitrogens with zero attached hydrogens (tertiary/aromatic N) is 2. The van der Waals surface area contributed by atoms with Crippen molar-refractivity contribution in [2.45, 2.75) is 26.1 Å². The number of rotatable bonds is 4. The fourth-order valence-corrected chi connectivity index (χ4v) is 2.53. The summed E-state index contributed by atoms with van der Waals surface area (Å²) in [6.45, 7) is 3.21. The molecule has 1 amide bonds. The zero-order chi connectivity index (χ0) is 18.8. The molecule has 2 rings (SSSR count). The van der Waals surface area contributed by atoms with Crippen LogP contribution in [0.2, 0.25) is 0 Å². The van der Waals surface area contributed by atoms with E-state index in [1.165, 1.54) is 25.0 Å². The predicted molar refractivity (Wildman–Crippen MR) is 87.5 cm³/mol. The topological polar surface area (TPSA) is 42.4 Å². The van der Waals surface area contributed by atoms with E-state index in [1.807, 2.05) is 25.1 Å². The smallest absolute Gasteiger partial charge is 0.433 e. The second-order valence-corrected chi connectivity index (χ2v) is 5.66. The lowest BCUT2D eigenvalue weighted by molar-refractivity contribution is -0.141. The summed E-state index contributed by atoms with van der Waals surface area (Å²) in [5.74, 6) is 0.231. The van der Waals surface area contributed by atoms with Gasteiger partial charge in [-0.2, -0.15) is 13.2 Å². The molecule has 0 aliphatic heterocycles. The first kappa shape index (κ1) is 18.8. The fraction of sp³-hybridized carbons (Fsp3) is 0.333. The highest BCUT2D eigenvalue weighted by Gasteiger charge is 2.33. The molecule has 7 heteroatoms. The molecule has 1 heterocycles. The Morgan fingerprint density at radius 3 is 2.40 bits per heavy atom. The van der Waals surface area contributed by atoms with Crippen LogP contribution in [-0.2, 0) is 6.18 Å². The maximum absolute atomic E-state index is 12.7. The summed E-state index contributed by atoms with van der Waals surface area (Å²) in [5.41, 5.74) is -0.0310. The highest BCUT2D eigenvalue weighted by atomic mass is 19.4. The molecule has 2 aromatic rings. The van der Waals surface area contributed by atoms with Crippen LogP contribution in [0.3, 0.4) is 0 Å². The number of carbonyl (C=O) groups is 1. The number of pyridine rings is 1. The van der Waals surface area contributed by atoms with Gasteiger partial charge in [0.15, 0.2) is 0 Å². The van der Waals surface area contributed by atoms with Crippen molar-refractivity contribution in [3.8, 4) is 5.75 Å². The Hall–Kier alpha value is -2.57. The van der Waals surface area contributed by atoms with E-state index in [0.717, 1.165) is 11.6 Å². The van der Waals surface area contributed by atoms with Gasteiger partial charge in [0.05, 0.1) is 24.4 Å². The van der Waals surface area contributed by atoms with Gasteiger partial charge >= 0.3 is 6.18 Å². The minimum atomic E-state index is -4.54. The molecule has 134 valence electrons. The Bertz CT molecular complexity index is 775. The number of aromatic nitrogens is 1. The Balaban J connectivity index is 2.31. The summed E-state index contributed by atoms with van der Waals surface area (Å²) >= 11 is 0. The van der Waals surface area contributed by atoms with E-state index in [-0.39, 0.29) is 17.3 Å². The standard InChI is InChI=1S/C18H19F3N2O2/c1-11-13(9-10-16(22-11)18(19,20)21)17(24)23(3)12(2)14-7-5-6-8-15(14)25-4/h5-10,12H,1-4H3. The monoisotopic (exact) mass is 352 g/mol. The van der Waals surface area contributed by atoms with Crippen LogP contribution in [0, 0.1) is 6.92 Å². The van der Waals surface area contributed by atoms with Gasteiger partial charge in [-0.1, -0.05) is 18.2 Å². The zero-order valence-electron chi connectivity index (χ0n) is 14.4. The normalized spacial score (nSPS) is 12.6. The van der Waals surface area contributed by atoms with Gasteiger partial charge in [-0.05, 0) is 32.0 Å². The molecule has 1 unspecified atom stereocenters. The molecular formula is C18H19F3N2O2. The fourth-order valence-electron chi connectivity index (χ4n) is 2.53. The molecule has 0 spiro atoms. The maximum atomic E-state index is 12.7. The highest BCUT2D eigenvalue weighted by Crippen LogP contribution is 2.31. The minimum Gasteiger partial charge on any atom is -0.496 e. The average molecular weight is 352 g/mol. The lowest BCUT2D eigenvalue weighted by atomic mass is 10.0. The van der Waals surface area contributed by atoms with Crippen molar-refractivity contribution in [2.24, 2.45) is 0 Å². The lowest BCUT2D eigenvalue weighted by Crippen LogP contribution is -2.30. The van der Waals surface area contributed by atoms with E-state index < -0.39 is 17.8 Å². The third-order valence-electron chi connectivity index (χ3n) is 4.10. The van der Waals surface area contributed by atoms with Crippen LogP contribution in [0.1, 0.15) is 40.3 Å². The first-order chi connectivity index (χ1) is 11.7. The van der Waals surface area contributed by atoms with Crippen molar-refractivity contribution in [2.75, 3.05) is 14.2 Å². The van der Waals surface area contributed by atoms with Crippen LogP contribution in [0.15, 0.2) is 36.4 Å². The minimum absolute atomic E-state index is 0.0406. The van der Waals surface area contributed by atoms with Gasteiger partial charge in [-0.3, -0.25) is 4.79 Å². The van der Waals surface area contributed by atoms with Gasteiger partial charge in [0, 0.05) is 12.6 Å². The second kappa shape index (κ2) is 7.13. The van der Waals surface area contributed by atoms with Crippen LogP contribution in [-0.4, -0.2) is 29.9 Å². The van der Waals surface area contributed by atoms with Crippen LogP contribution >= 0.6 is 0 Å². The summed E-state index contributed by atoms with van der Waals surface area (Å²) in [6, 6.07) is 8.93. The molecule has 1 aromatic carbocycles. The zero-order valence-corrected chi connectivity index (χ0v) is 14.4. The van der Waals surface area contributed by atoms with Crippen LogP contribution in [0.4, 0.5) is 13.2 Å². The lowest BCUT2D eigenvalue weighted by Gasteiger charge is -2.27. The van der Waals surface area contributed by atoms with E-state index in [9.17, 15) is 18.0 Å². The molecule has 1 atom stereocenters. The van der Waals surface area contributed by atoms with Gasteiger partial charge in [-0.15, -0.1) is 0 Å². The van der Waals surface area contributed by atoms with Gasteiger partial charge in [0.25, 0.3) is 5.91 Å². The average Bonchev–Trinajstić information content (AvgIpc) is 2.58. The number of carbonyl (C=O) groups excluding carboxylic acids is 1. The first-order valence-corrected chi connectivity index (χ1v) is 7.61. The summed E-state index contributed by atoms with van der Waals surface area (Å²) in [6.07, 6.45) is -4.54. The Labute approximate surface area is 144 Å². The number of amides is 1. The molecule has 25 heavy (non-hydrogen) atoms. The molecule has 0 bridgehead atoms. The molecule has 0 saturated heterocycles. The summed E-state index contributed by atoms with van der Waals surface area (Å²) in [7, 11) is 3.13. The van der Waals surface area contributed by atoms with Crippen molar-refractivity contribution in [1.29, 1.82) is 0 Å². The summed E-state index contributed by atoms with van der Waals surface area (Å²) < 4.78 is 43.5. The molecule has 4 nitrogen and oxygen atoms in total. The Morgan fingerprint density at radius 2 is 1.84 bits per heavy atom. The number of hydrogen-bond donors (Lipinski definition) is 0. The Kier molecular flexibility index (Phi) is 5.35. The number of ether oxygens (including phenoxy) is 1. The van der Waals surface area contributed by atoms with E-state index in [4.69, 9.17) is 4.74 Å². The number of hydrogen-bond acceptors (Lipinski definition) is 3. The quantitative estimate of drug-likeness (QED) is 0.826. The van der Waals surface area contributed by atoms with Crippen molar-refractivity contribution in [3.05, 3.63) is 58.9 Å². The van der Waals surface area contributed by atoms with Crippen molar-refractivity contribution < 1.29 is 22.7 Å². The van der Waals surface area contributed by atoms with Crippen LogP contribution in [0.25, 0.3) is 0 Å². The number of benzene rings is 1. The number of alkyl halides is 3. The van der Waals surface area contributed by atoms with E-state index in [0.29, 0.717) is 5.75 Å². The van der Waals surface area contributed by atoms with E-state index in [2.05, 4.69) is 4.98 Å². The predicted octanol–water partition coefficient (Wildman–Crippen LogP) is 4.25. The Morgan fingerprint density at radius 1 is 1.20 bits per heavy atom. The van der Waals surface area contributed by atoms with Gasteiger partial charge in [-0.25, -0.2) is 4.98 Å². The van der Waals surface area contributed by atoms with E-state index >= 15 is 0 Å². The molecule has 0 aliphatic rings. The van der Waals surface area contributed by atoms with Crippen LogP contribution < -0.4 is 4.74 Å². The highest BCUT2D eigenvalue weighted by molar-refractivity contribution is 5.95. The van der Waals surface area contributed by atoms with E-state index in [1.54, 1.807) is 13.1 Å². The summed E-state index contributed by atoms with van der Waals surface area (Å²) in [4.78, 5) is 17.7.